The summed E-state index contributed by atoms with van der Waals surface area (Å²) in [4.78, 5) is 12.1. The Morgan fingerprint density at radius 1 is 1.14 bits per heavy atom. The molecule has 144 valence electrons. The van der Waals surface area contributed by atoms with E-state index in [1.807, 2.05) is 24.4 Å². The van der Waals surface area contributed by atoms with Crippen LogP contribution in [-0.4, -0.2) is 29.8 Å². The molecule has 5 nitrogen and oxygen atoms in total. The van der Waals surface area contributed by atoms with E-state index in [0.717, 1.165) is 45.7 Å². The van der Waals surface area contributed by atoms with Gasteiger partial charge >= 0.3 is 0 Å². The number of benzene rings is 2. The molecule has 6 heteroatoms. The molecule has 0 radical (unpaired) electrons. The maximum Gasteiger partial charge on any atom is 0.159 e. The summed E-state index contributed by atoms with van der Waals surface area (Å²) < 4.78 is 0. The lowest BCUT2D eigenvalue weighted by atomic mass is 10.00. The van der Waals surface area contributed by atoms with Gasteiger partial charge in [0.2, 0.25) is 0 Å². The van der Waals surface area contributed by atoms with E-state index in [0.29, 0.717) is 0 Å². The lowest BCUT2D eigenvalue weighted by Crippen LogP contribution is -2.24. The molecule has 4 aromatic rings. The Hall–Kier alpha value is -3.25. The Labute approximate surface area is 173 Å². The predicted octanol–water partition coefficient (Wildman–Crippen LogP) is 5.19. The van der Waals surface area contributed by atoms with Gasteiger partial charge in [-0.1, -0.05) is 36.4 Å². The van der Waals surface area contributed by atoms with Crippen LogP contribution in [0.1, 0.15) is 17.5 Å². The number of nitrogens with one attached hydrogen (secondary N) is 1. The van der Waals surface area contributed by atoms with Gasteiger partial charge in [-0.05, 0) is 41.7 Å². The van der Waals surface area contributed by atoms with Crippen LogP contribution in [0.4, 0.5) is 11.5 Å². The van der Waals surface area contributed by atoms with Crippen LogP contribution in [0.15, 0.2) is 65.3 Å². The lowest BCUT2D eigenvalue weighted by Gasteiger charge is -2.27. The topological polar surface area (TPSA) is 53.4 Å². The van der Waals surface area contributed by atoms with E-state index in [9.17, 15) is 0 Å². The fourth-order valence-corrected chi connectivity index (χ4v) is 4.76. The number of rotatable bonds is 4. The first-order valence-electron chi connectivity index (χ1n) is 9.70. The minimum Gasteiger partial charge on any atom is -0.374 e. The highest BCUT2D eigenvalue weighted by Gasteiger charge is 2.14. The van der Waals surface area contributed by atoms with Gasteiger partial charge in [-0.2, -0.15) is 5.10 Å². The largest absolute Gasteiger partial charge is 0.374 e. The maximum absolute atomic E-state index is 4.47. The van der Waals surface area contributed by atoms with Crippen molar-refractivity contribution < 1.29 is 0 Å². The minimum absolute atomic E-state index is 0.726. The third kappa shape index (κ3) is 3.47. The van der Waals surface area contributed by atoms with Crippen molar-refractivity contribution in [2.24, 2.45) is 5.10 Å². The van der Waals surface area contributed by atoms with Crippen molar-refractivity contribution >= 4 is 39.3 Å². The van der Waals surface area contributed by atoms with Crippen molar-refractivity contribution in [3.8, 4) is 11.1 Å². The van der Waals surface area contributed by atoms with E-state index >= 15 is 0 Å². The number of hydrogen-bond acceptors (Lipinski definition) is 6. The molecule has 29 heavy (non-hydrogen) atoms. The van der Waals surface area contributed by atoms with Gasteiger partial charge in [0, 0.05) is 30.2 Å². The fraction of sp³-hybridized carbons (Fsp3) is 0.174. The Morgan fingerprint density at radius 2 is 2.03 bits per heavy atom. The number of hydrazone groups is 1. The van der Waals surface area contributed by atoms with Crippen LogP contribution in [0.25, 0.3) is 21.3 Å². The molecule has 1 aliphatic heterocycles. The Balaban J connectivity index is 1.43. The second kappa shape index (κ2) is 7.64. The molecule has 5 rings (SSSR count). The molecule has 3 heterocycles. The summed E-state index contributed by atoms with van der Waals surface area (Å²) in [5.41, 5.74) is 9.21. The van der Waals surface area contributed by atoms with Crippen molar-refractivity contribution in [2.75, 3.05) is 23.9 Å². The monoisotopic (exact) mass is 399 g/mol. The zero-order valence-electron chi connectivity index (χ0n) is 16.2. The molecule has 0 saturated heterocycles. The smallest absolute Gasteiger partial charge is 0.159 e. The summed E-state index contributed by atoms with van der Waals surface area (Å²) >= 11 is 1.62. The normalized spacial score (nSPS) is 13.8. The highest BCUT2D eigenvalue weighted by Crippen LogP contribution is 2.36. The van der Waals surface area contributed by atoms with Crippen LogP contribution < -0.4 is 10.3 Å². The van der Waals surface area contributed by atoms with Gasteiger partial charge in [0.05, 0.1) is 11.6 Å². The molecule has 0 aliphatic carbocycles. The van der Waals surface area contributed by atoms with Crippen molar-refractivity contribution in [1.82, 2.24) is 9.97 Å². The maximum atomic E-state index is 4.47. The van der Waals surface area contributed by atoms with Gasteiger partial charge in [-0.15, -0.1) is 11.3 Å². The zero-order chi connectivity index (χ0) is 19.6. The molecule has 0 bridgehead atoms. The number of fused-ring (bicyclic) bond motifs is 2. The van der Waals surface area contributed by atoms with Crippen LogP contribution in [-0.2, 0) is 6.42 Å². The average Bonchev–Trinajstić information content (AvgIpc) is 3.20. The van der Waals surface area contributed by atoms with E-state index < -0.39 is 0 Å². The third-order valence-electron chi connectivity index (χ3n) is 5.29. The summed E-state index contributed by atoms with van der Waals surface area (Å²) in [6.07, 6.45) is 5.76. The second-order valence-electron chi connectivity index (χ2n) is 7.20. The van der Waals surface area contributed by atoms with Gasteiger partial charge in [-0.3, -0.25) is 5.43 Å². The van der Waals surface area contributed by atoms with Crippen LogP contribution >= 0.6 is 11.3 Å². The number of aryl methyl sites for hydroxylation is 1. The molecule has 2 aromatic carbocycles. The third-order valence-corrected chi connectivity index (χ3v) is 6.18. The lowest BCUT2D eigenvalue weighted by molar-refractivity contribution is 0.744. The van der Waals surface area contributed by atoms with Gasteiger partial charge in [-0.25, -0.2) is 9.97 Å². The number of anilines is 2. The van der Waals surface area contributed by atoms with Crippen LogP contribution in [0.3, 0.4) is 0 Å². The van der Waals surface area contributed by atoms with E-state index in [4.69, 9.17) is 0 Å². The first-order valence-corrected chi connectivity index (χ1v) is 10.6. The molecule has 0 spiro atoms. The fourth-order valence-electron chi connectivity index (χ4n) is 3.84. The Morgan fingerprint density at radius 3 is 2.93 bits per heavy atom. The van der Waals surface area contributed by atoms with Gasteiger partial charge in [0.1, 0.15) is 11.2 Å². The van der Waals surface area contributed by atoms with E-state index in [2.05, 4.69) is 68.2 Å². The van der Waals surface area contributed by atoms with Crippen LogP contribution in [0, 0.1) is 0 Å². The summed E-state index contributed by atoms with van der Waals surface area (Å²) in [6.45, 7) is 1.12. The highest BCUT2D eigenvalue weighted by atomic mass is 32.1. The Bertz CT molecular complexity index is 1180. The minimum atomic E-state index is 0.726. The molecule has 0 saturated carbocycles. The quantitative estimate of drug-likeness (QED) is 0.379. The molecular formula is C23H21N5S. The van der Waals surface area contributed by atoms with E-state index in [-0.39, 0.29) is 0 Å². The first-order chi connectivity index (χ1) is 14.3. The SMILES string of the molecule is CN1CCCc2cc(C=NNc3ncnc4scc(-c5ccccc5)c34)ccc21. The first kappa shape index (κ1) is 17.8. The molecule has 0 atom stereocenters. The molecule has 0 amide bonds. The van der Waals surface area contributed by atoms with E-state index in [1.54, 1.807) is 17.7 Å². The van der Waals surface area contributed by atoms with Gasteiger partial charge in [0.15, 0.2) is 5.82 Å². The molecular weight excluding hydrogens is 378 g/mol. The standard InChI is InChI=1S/C23H21N5S/c1-28-11-5-8-18-12-16(9-10-20(18)28)13-26-27-22-21-19(17-6-3-2-4-7-17)14-29-23(21)25-15-24-22/h2-4,6-7,9-10,12-15H,5,8,11H2,1H3,(H,24,25,27). The summed E-state index contributed by atoms with van der Waals surface area (Å²) in [5, 5.41) is 7.61. The number of nitrogens with zero attached hydrogens (tertiary/aromatic N) is 4. The average molecular weight is 400 g/mol. The number of hydrogen-bond donors (Lipinski definition) is 1. The summed E-state index contributed by atoms with van der Waals surface area (Å²) in [7, 11) is 2.15. The predicted molar refractivity (Wildman–Crippen MR) is 122 cm³/mol. The molecule has 0 fully saturated rings. The number of aromatic nitrogens is 2. The molecule has 0 unspecified atom stereocenters. The summed E-state index contributed by atoms with van der Waals surface area (Å²) in [6, 6.07) is 16.8. The van der Waals surface area contributed by atoms with Gasteiger partial charge < -0.3 is 4.90 Å². The molecule has 1 N–H and O–H groups in total. The van der Waals surface area contributed by atoms with Crippen LogP contribution in [0.2, 0.25) is 0 Å². The zero-order valence-corrected chi connectivity index (χ0v) is 17.0. The van der Waals surface area contributed by atoms with Gasteiger partial charge in [0.25, 0.3) is 0 Å². The van der Waals surface area contributed by atoms with E-state index in [1.165, 1.54) is 17.7 Å². The van der Waals surface area contributed by atoms with Crippen molar-refractivity contribution in [3.63, 3.8) is 0 Å². The van der Waals surface area contributed by atoms with Crippen LogP contribution in [0.5, 0.6) is 0 Å². The Kier molecular flexibility index (Phi) is 4.69. The van der Waals surface area contributed by atoms with Crippen molar-refractivity contribution in [3.05, 3.63) is 71.4 Å². The number of thiophene rings is 1. The molecule has 2 aromatic heterocycles. The van der Waals surface area contributed by atoms with Crippen molar-refractivity contribution in [1.29, 1.82) is 0 Å². The summed E-state index contributed by atoms with van der Waals surface area (Å²) in [5.74, 6) is 0.726. The molecule has 1 aliphatic rings. The van der Waals surface area contributed by atoms with Crippen molar-refractivity contribution in [2.45, 2.75) is 12.8 Å². The highest BCUT2D eigenvalue weighted by molar-refractivity contribution is 7.17. The second-order valence-corrected chi connectivity index (χ2v) is 8.06.